The Balaban J connectivity index is 1.65. The van der Waals surface area contributed by atoms with Gasteiger partial charge in [0, 0.05) is 22.2 Å². The SMILES string of the molecule is Cc1ccc(NC(=O)[C@H]2CC(=O)Nc3nc(Nc4cc(Cl)cc(Cl)c4)[nH]c(=O)c32)c(F)c1. The van der Waals surface area contributed by atoms with E-state index < -0.39 is 29.1 Å². The van der Waals surface area contributed by atoms with Crippen LogP contribution >= 0.6 is 23.2 Å². The molecule has 0 saturated heterocycles. The first-order chi connectivity index (χ1) is 15.2. The van der Waals surface area contributed by atoms with Crippen molar-refractivity contribution in [1.82, 2.24) is 9.97 Å². The lowest BCUT2D eigenvalue weighted by Crippen LogP contribution is -2.36. The Hall–Kier alpha value is -3.43. The maximum Gasteiger partial charge on any atom is 0.258 e. The van der Waals surface area contributed by atoms with Gasteiger partial charge in [0.25, 0.3) is 5.56 Å². The quantitative estimate of drug-likeness (QED) is 0.448. The predicted molar refractivity (Wildman–Crippen MR) is 120 cm³/mol. The summed E-state index contributed by atoms with van der Waals surface area (Å²) in [4.78, 5) is 44.6. The molecule has 2 heterocycles. The number of H-pyrrole nitrogens is 1. The van der Waals surface area contributed by atoms with Crippen LogP contribution in [0, 0.1) is 12.7 Å². The lowest BCUT2D eigenvalue weighted by molar-refractivity contribution is -0.123. The smallest absolute Gasteiger partial charge is 0.258 e. The zero-order chi connectivity index (χ0) is 23.0. The number of hydrogen-bond acceptors (Lipinski definition) is 5. The van der Waals surface area contributed by atoms with Gasteiger partial charge >= 0.3 is 0 Å². The molecule has 2 amide bonds. The molecule has 3 aromatic rings. The number of amides is 2. The number of aromatic nitrogens is 2. The van der Waals surface area contributed by atoms with Crippen LogP contribution in [0.2, 0.25) is 10.0 Å². The van der Waals surface area contributed by atoms with E-state index in [2.05, 4.69) is 25.9 Å². The zero-order valence-electron chi connectivity index (χ0n) is 16.6. The molecule has 0 bridgehead atoms. The standard InChI is InChI=1S/C21H16Cl2FN5O3/c1-9-2-3-15(14(24)4-9)26-19(31)13-8-16(30)27-18-17(13)20(32)29-21(28-18)25-12-6-10(22)5-11(23)7-12/h2-7,13H,8H2,1H3,(H,26,31)(H3,25,27,28,29,30,32)/t13-/m0/s1. The number of aryl methyl sites for hydroxylation is 1. The van der Waals surface area contributed by atoms with Crippen LogP contribution in [0.5, 0.6) is 0 Å². The van der Waals surface area contributed by atoms with Crippen LogP contribution in [-0.2, 0) is 9.59 Å². The van der Waals surface area contributed by atoms with Gasteiger partial charge in [-0.05, 0) is 42.8 Å². The van der Waals surface area contributed by atoms with Gasteiger partial charge < -0.3 is 16.0 Å². The van der Waals surface area contributed by atoms with Gasteiger partial charge in [-0.15, -0.1) is 0 Å². The van der Waals surface area contributed by atoms with E-state index in [-0.39, 0.29) is 29.4 Å². The Kier molecular flexibility index (Phi) is 5.86. The van der Waals surface area contributed by atoms with E-state index in [1.54, 1.807) is 25.1 Å². The van der Waals surface area contributed by atoms with Crippen LogP contribution in [0.25, 0.3) is 0 Å². The van der Waals surface area contributed by atoms with Crippen molar-refractivity contribution in [2.75, 3.05) is 16.0 Å². The summed E-state index contributed by atoms with van der Waals surface area (Å²) in [5.41, 5.74) is 0.439. The Bertz CT molecular complexity index is 1290. The number of aromatic amines is 1. The molecule has 0 fully saturated rings. The monoisotopic (exact) mass is 475 g/mol. The van der Waals surface area contributed by atoms with Gasteiger partial charge in [-0.25, -0.2) is 4.39 Å². The average molecular weight is 476 g/mol. The minimum Gasteiger partial charge on any atom is -0.326 e. The highest BCUT2D eigenvalue weighted by Gasteiger charge is 2.35. The van der Waals surface area contributed by atoms with Crippen molar-refractivity contribution < 1.29 is 14.0 Å². The molecule has 0 aliphatic carbocycles. The summed E-state index contributed by atoms with van der Waals surface area (Å²) in [6.45, 7) is 1.71. The lowest BCUT2D eigenvalue weighted by atomic mass is 9.92. The van der Waals surface area contributed by atoms with E-state index >= 15 is 0 Å². The van der Waals surface area contributed by atoms with E-state index in [1.165, 1.54) is 18.2 Å². The molecule has 0 radical (unpaired) electrons. The third-order valence-electron chi connectivity index (χ3n) is 4.78. The first kappa shape index (κ1) is 21.8. The fourth-order valence-corrected chi connectivity index (χ4v) is 3.88. The summed E-state index contributed by atoms with van der Waals surface area (Å²) in [6, 6.07) is 8.99. The van der Waals surface area contributed by atoms with E-state index in [0.29, 0.717) is 21.3 Å². The summed E-state index contributed by atoms with van der Waals surface area (Å²) < 4.78 is 14.1. The first-order valence-corrected chi connectivity index (χ1v) is 10.2. The average Bonchev–Trinajstić information content (AvgIpc) is 2.68. The molecule has 2 aromatic carbocycles. The maximum atomic E-state index is 14.1. The van der Waals surface area contributed by atoms with Crippen LogP contribution in [0.3, 0.4) is 0 Å². The number of carbonyl (C=O) groups excluding carboxylic acids is 2. The van der Waals surface area contributed by atoms with E-state index in [9.17, 15) is 18.8 Å². The number of hydrogen-bond donors (Lipinski definition) is 4. The topological polar surface area (TPSA) is 116 Å². The molecule has 0 saturated carbocycles. The van der Waals surface area contributed by atoms with Crippen molar-refractivity contribution in [2.24, 2.45) is 0 Å². The van der Waals surface area contributed by atoms with Crippen LogP contribution in [0.1, 0.15) is 23.5 Å². The Morgan fingerprint density at radius 1 is 1.16 bits per heavy atom. The third kappa shape index (κ3) is 4.58. The van der Waals surface area contributed by atoms with Crippen LogP contribution in [0.4, 0.5) is 27.5 Å². The minimum atomic E-state index is -1.15. The predicted octanol–water partition coefficient (Wildman–Crippen LogP) is 4.33. The molecular weight excluding hydrogens is 460 g/mol. The number of nitrogens with zero attached hydrogens (tertiary/aromatic N) is 1. The minimum absolute atomic E-state index is 0.0121. The normalized spacial score (nSPS) is 15.0. The summed E-state index contributed by atoms with van der Waals surface area (Å²) >= 11 is 12.0. The number of anilines is 4. The number of carbonyl (C=O) groups is 2. The van der Waals surface area contributed by atoms with E-state index in [0.717, 1.165) is 0 Å². The first-order valence-electron chi connectivity index (χ1n) is 9.44. The van der Waals surface area contributed by atoms with Crippen molar-refractivity contribution >= 4 is 58.2 Å². The molecule has 32 heavy (non-hydrogen) atoms. The fraction of sp³-hybridized carbons (Fsp3) is 0.143. The summed E-state index contributed by atoms with van der Waals surface area (Å²) in [5.74, 6) is -3.02. The highest BCUT2D eigenvalue weighted by Crippen LogP contribution is 2.31. The number of halogens is 3. The molecule has 0 spiro atoms. The Morgan fingerprint density at radius 3 is 2.56 bits per heavy atom. The van der Waals surface area contributed by atoms with Crippen molar-refractivity contribution in [3.05, 3.63) is 73.7 Å². The second-order valence-electron chi connectivity index (χ2n) is 7.24. The molecule has 11 heteroatoms. The lowest BCUT2D eigenvalue weighted by Gasteiger charge is -2.23. The van der Waals surface area contributed by atoms with Crippen molar-refractivity contribution in [1.29, 1.82) is 0 Å². The molecule has 164 valence electrons. The molecule has 4 rings (SSSR count). The van der Waals surface area contributed by atoms with Crippen molar-refractivity contribution in [2.45, 2.75) is 19.3 Å². The molecular formula is C21H16Cl2FN5O3. The Morgan fingerprint density at radius 2 is 1.88 bits per heavy atom. The molecule has 8 nitrogen and oxygen atoms in total. The fourth-order valence-electron chi connectivity index (χ4n) is 3.36. The van der Waals surface area contributed by atoms with Crippen molar-refractivity contribution in [3.63, 3.8) is 0 Å². The summed E-state index contributed by atoms with van der Waals surface area (Å²) in [5, 5.41) is 8.53. The van der Waals surface area contributed by atoms with Gasteiger partial charge in [-0.2, -0.15) is 4.98 Å². The number of fused-ring (bicyclic) bond motifs is 1. The zero-order valence-corrected chi connectivity index (χ0v) is 18.1. The van der Waals surface area contributed by atoms with Crippen LogP contribution < -0.4 is 21.5 Å². The van der Waals surface area contributed by atoms with Gasteiger partial charge in [0.1, 0.15) is 11.6 Å². The van der Waals surface area contributed by atoms with Crippen LogP contribution in [0.15, 0.2) is 41.2 Å². The van der Waals surface area contributed by atoms with E-state index in [4.69, 9.17) is 23.2 Å². The second-order valence-corrected chi connectivity index (χ2v) is 8.11. The molecule has 1 atom stereocenters. The third-order valence-corrected chi connectivity index (χ3v) is 5.21. The Labute approximate surface area is 191 Å². The number of nitrogens with one attached hydrogen (secondary N) is 4. The molecule has 0 unspecified atom stereocenters. The molecule has 1 aromatic heterocycles. The highest BCUT2D eigenvalue weighted by molar-refractivity contribution is 6.35. The van der Waals surface area contributed by atoms with E-state index in [1.807, 2.05) is 0 Å². The summed E-state index contributed by atoms with van der Waals surface area (Å²) in [6.07, 6.45) is -0.284. The highest BCUT2D eigenvalue weighted by atomic mass is 35.5. The van der Waals surface area contributed by atoms with Crippen molar-refractivity contribution in [3.8, 4) is 0 Å². The molecule has 4 N–H and O–H groups in total. The van der Waals surface area contributed by atoms with Gasteiger partial charge in [-0.1, -0.05) is 29.3 Å². The van der Waals surface area contributed by atoms with Gasteiger partial charge in [0.15, 0.2) is 0 Å². The van der Waals surface area contributed by atoms with Gasteiger partial charge in [0.05, 0.1) is 17.2 Å². The summed E-state index contributed by atoms with van der Waals surface area (Å²) in [7, 11) is 0. The van der Waals surface area contributed by atoms with Gasteiger partial charge in [0.2, 0.25) is 17.8 Å². The number of rotatable bonds is 4. The molecule has 1 aliphatic rings. The largest absolute Gasteiger partial charge is 0.326 e. The second kappa shape index (κ2) is 8.60. The maximum absolute atomic E-state index is 14.1. The van der Waals surface area contributed by atoms with Crippen LogP contribution in [-0.4, -0.2) is 21.8 Å². The van der Waals surface area contributed by atoms with Gasteiger partial charge in [-0.3, -0.25) is 19.4 Å². The molecule has 1 aliphatic heterocycles. The number of benzene rings is 2.